The van der Waals surface area contributed by atoms with Crippen molar-refractivity contribution in [2.75, 3.05) is 12.8 Å². The van der Waals surface area contributed by atoms with Crippen molar-refractivity contribution in [2.24, 2.45) is 17.8 Å². The van der Waals surface area contributed by atoms with Crippen molar-refractivity contribution in [3.63, 3.8) is 0 Å². The minimum absolute atomic E-state index is 0.139. The predicted molar refractivity (Wildman–Crippen MR) is 101 cm³/mol. The summed E-state index contributed by atoms with van der Waals surface area (Å²) in [4.78, 5) is 12.7. The van der Waals surface area contributed by atoms with Gasteiger partial charge in [0.05, 0.1) is 12.8 Å². The molecule has 1 N–H and O–H groups in total. The number of sulfonamides is 1. The number of carbonyl (C=O) groups excluding carboxylic acids is 1. The van der Waals surface area contributed by atoms with Crippen LogP contribution in [0, 0.1) is 23.6 Å². The van der Waals surface area contributed by atoms with Gasteiger partial charge in [-0.25, -0.2) is 12.8 Å². The molecule has 0 aromatic heterocycles. The Balaban J connectivity index is 1.45. The molecule has 1 amide bonds. The molecule has 0 heterocycles. The van der Waals surface area contributed by atoms with E-state index in [0.717, 1.165) is 29.8 Å². The molecule has 0 unspecified atom stereocenters. The lowest BCUT2D eigenvalue weighted by molar-refractivity contribution is -0.127. The van der Waals surface area contributed by atoms with Gasteiger partial charge in [0.25, 0.3) is 0 Å². The lowest BCUT2D eigenvalue weighted by Crippen LogP contribution is -2.61. The van der Waals surface area contributed by atoms with Crippen molar-refractivity contribution in [3.8, 4) is 0 Å². The van der Waals surface area contributed by atoms with Gasteiger partial charge in [-0.2, -0.15) is 4.31 Å². The highest BCUT2D eigenvalue weighted by Gasteiger charge is 2.51. The molecule has 0 spiro atoms. The lowest BCUT2D eigenvalue weighted by Gasteiger charge is -2.57. The standard InChI is InChI=1S/C20H27FN2O3S/c1-27(25,26)23(12-17-4-2-3-5-18(17)21)13-19(24)22-20-9-14-6-15(10-20)8-16(7-14)11-20/h2-5,14-16H,6-13H2,1H3,(H,22,24). The zero-order chi connectivity index (χ0) is 19.2. The maximum absolute atomic E-state index is 13.9. The van der Waals surface area contributed by atoms with Gasteiger partial charge in [-0.15, -0.1) is 0 Å². The summed E-state index contributed by atoms with van der Waals surface area (Å²) in [5, 5.41) is 3.19. The summed E-state index contributed by atoms with van der Waals surface area (Å²) in [6.07, 6.45) is 7.92. The van der Waals surface area contributed by atoms with Crippen LogP contribution in [0.4, 0.5) is 4.39 Å². The molecule has 4 aliphatic rings. The summed E-state index contributed by atoms with van der Waals surface area (Å²) in [5.41, 5.74) is 0.109. The molecule has 1 aromatic carbocycles. The van der Waals surface area contributed by atoms with E-state index in [1.54, 1.807) is 18.2 Å². The minimum atomic E-state index is -3.64. The van der Waals surface area contributed by atoms with Crippen LogP contribution >= 0.6 is 0 Å². The van der Waals surface area contributed by atoms with Crippen LogP contribution < -0.4 is 5.32 Å². The average molecular weight is 395 g/mol. The number of rotatable bonds is 6. The fraction of sp³-hybridized carbons (Fsp3) is 0.650. The molecule has 0 aliphatic heterocycles. The number of halogens is 1. The third-order valence-electron chi connectivity index (χ3n) is 6.54. The monoisotopic (exact) mass is 394 g/mol. The summed E-state index contributed by atoms with van der Waals surface area (Å²) < 4.78 is 39.3. The number of carbonyl (C=O) groups is 1. The highest BCUT2D eigenvalue weighted by molar-refractivity contribution is 7.88. The molecule has 0 radical (unpaired) electrons. The van der Waals surface area contributed by atoms with Crippen molar-refractivity contribution in [2.45, 2.75) is 50.6 Å². The van der Waals surface area contributed by atoms with E-state index in [9.17, 15) is 17.6 Å². The van der Waals surface area contributed by atoms with Gasteiger partial charge in [-0.1, -0.05) is 18.2 Å². The Morgan fingerprint density at radius 1 is 1.15 bits per heavy atom. The fourth-order valence-electron chi connectivity index (χ4n) is 5.87. The number of nitrogens with one attached hydrogen (secondary N) is 1. The summed E-state index contributed by atoms with van der Waals surface area (Å²) in [7, 11) is -3.64. The summed E-state index contributed by atoms with van der Waals surface area (Å²) in [5.74, 6) is 1.34. The van der Waals surface area contributed by atoms with Crippen LogP contribution in [0.5, 0.6) is 0 Å². The molecular formula is C20H27FN2O3S. The molecule has 4 bridgehead atoms. The SMILES string of the molecule is CS(=O)(=O)N(CC(=O)NC12CC3CC(CC(C3)C1)C2)Cc1ccccc1F. The zero-order valence-corrected chi connectivity index (χ0v) is 16.5. The second-order valence-electron chi connectivity index (χ2n) is 8.87. The van der Waals surface area contributed by atoms with E-state index in [1.807, 2.05) is 0 Å². The van der Waals surface area contributed by atoms with Crippen LogP contribution in [0.3, 0.4) is 0 Å². The van der Waals surface area contributed by atoms with Crippen molar-refractivity contribution < 1.29 is 17.6 Å². The Labute approximate surface area is 160 Å². The number of nitrogens with zero attached hydrogens (tertiary/aromatic N) is 1. The van der Waals surface area contributed by atoms with Crippen molar-refractivity contribution >= 4 is 15.9 Å². The van der Waals surface area contributed by atoms with E-state index in [0.29, 0.717) is 17.8 Å². The second kappa shape index (κ2) is 6.85. The minimum Gasteiger partial charge on any atom is -0.349 e. The quantitative estimate of drug-likeness (QED) is 0.807. The van der Waals surface area contributed by atoms with E-state index < -0.39 is 15.8 Å². The second-order valence-corrected chi connectivity index (χ2v) is 10.9. The molecule has 5 rings (SSSR count). The van der Waals surface area contributed by atoms with E-state index in [1.165, 1.54) is 25.3 Å². The van der Waals surface area contributed by atoms with Gasteiger partial charge in [-0.05, 0) is 62.3 Å². The van der Waals surface area contributed by atoms with Crippen molar-refractivity contribution in [1.29, 1.82) is 0 Å². The van der Waals surface area contributed by atoms with Crippen LogP contribution in [0.2, 0.25) is 0 Å². The van der Waals surface area contributed by atoms with E-state index in [-0.39, 0.29) is 30.1 Å². The van der Waals surface area contributed by atoms with Gasteiger partial charge in [-0.3, -0.25) is 4.79 Å². The van der Waals surface area contributed by atoms with Gasteiger partial charge in [0.1, 0.15) is 5.82 Å². The topological polar surface area (TPSA) is 66.5 Å². The molecule has 4 fully saturated rings. The molecule has 27 heavy (non-hydrogen) atoms. The van der Waals surface area contributed by atoms with Crippen LogP contribution in [0.1, 0.15) is 44.1 Å². The molecular weight excluding hydrogens is 367 g/mol. The molecule has 5 nitrogen and oxygen atoms in total. The lowest BCUT2D eigenvalue weighted by atomic mass is 9.53. The Kier molecular flexibility index (Phi) is 4.79. The Hall–Kier alpha value is -1.47. The molecule has 0 saturated heterocycles. The Morgan fingerprint density at radius 2 is 1.70 bits per heavy atom. The molecule has 7 heteroatoms. The summed E-state index contributed by atoms with van der Waals surface area (Å²) in [6.45, 7) is -0.408. The van der Waals surface area contributed by atoms with Gasteiger partial charge < -0.3 is 5.32 Å². The first-order valence-electron chi connectivity index (χ1n) is 9.72. The zero-order valence-electron chi connectivity index (χ0n) is 15.7. The van der Waals surface area contributed by atoms with Gasteiger partial charge in [0.2, 0.25) is 15.9 Å². The van der Waals surface area contributed by atoms with Crippen LogP contribution in [-0.2, 0) is 21.4 Å². The molecule has 148 valence electrons. The highest BCUT2D eigenvalue weighted by atomic mass is 32.2. The maximum atomic E-state index is 13.9. The Bertz CT molecular complexity index is 804. The highest BCUT2D eigenvalue weighted by Crippen LogP contribution is 2.55. The molecule has 4 aliphatic carbocycles. The van der Waals surface area contributed by atoms with Gasteiger partial charge in [0.15, 0.2) is 0 Å². The first-order chi connectivity index (χ1) is 12.7. The number of amides is 1. The van der Waals surface area contributed by atoms with E-state index in [4.69, 9.17) is 0 Å². The smallest absolute Gasteiger partial charge is 0.235 e. The number of hydrogen-bond donors (Lipinski definition) is 1. The average Bonchev–Trinajstić information content (AvgIpc) is 2.53. The Morgan fingerprint density at radius 3 is 2.22 bits per heavy atom. The van der Waals surface area contributed by atoms with Crippen LogP contribution in [0.25, 0.3) is 0 Å². The third-order valence-corrected chi connectivity index (χ3v) is 7.73. The third kappa shape index (κ3) is 4.04. The van der Waals surface area contributed by atoms with Crippen LogP contribution in [-0.4, -0.2) is 37.0 Å². The van der Waals surface area contributed by atoms with E-state index in [2.05, 4.69) is 5.32 Å². The van der Waals surface area contributed by atoms with Crippen molar-refractivity contribution in [3.05, 3.63) is 35.6 Å². The number of hydrogen-bond acceptors (Lipinski definition) is 3. The summed E-state index contributed by atoms with van der Waals surface area (Å²) in [6, 6.07) is 6.06. The largest absolute Gasteiger partial charge is 0.349 e. The van der Waals surface area contributed by atoms with Gasteiger partial charge >= 0.3 is 0 Å². The normalized spacial score (nSPS) is 32.0. The first kappa shape index (κ1) is 18.9. The molecule has 4 saturated carbocycles. The maximum Gasteiger partial charge on any atom is 0.235 e. The van der Waals surface area contributed by atoms with E-state index >= 15 is 0 Å². The fourth-order valence-corrected chi connectivity index (χ4v) is 6.59. The molecule has 1 aromatic rings. The predicted octanol–water partition coefficient (Wildman–Crippen LogP) is 2.67. The van der Waals surface area contributed by atoms with Crippen molar-refractivity contribution in [1.82, 2.24) is 9.62 Å². The first-order valence-corrected chi connectivity index (χ1v) is 11.6. The molecule has 0 atom stereocenters. The van der Waals surface area contributed by atoms with Gasteiger partial charge in [0, 0.05) is 17.6 Å². The number of benzene rings is 1. The van der Waals surface area contributed by atoms with Crippen LogP contribution in [0.15, 0.2) is 24.3 Å². The summed E-state index contributed by atoms with van der Waals surface area (Å²) >= 11 is 0.